The molecule has 0 radical (unpaired) electrons. The van der Waals surface area contributed by atoms with Crippen molar-refractivity contribution in [3.05, 3.63) is 47.8 Å². The second kappa shape index (κ2) is 7.02. The van der Waals surface area contributed by atoms with Crippen LogP contribution in [-0.4, -0.2) is 34.9 Å². The SMILES string of the molecule is [C-]#[N+]c1ccc(OCC2CC(CN)=NO2)c(-c2ccc(F)nc2)n1. The van der Waals surface area contributed by atoms with E-state index in [-0.39, 0.29) is 18.5 Å². The molecule has 0 amide bonds. The van der Waals surface area contributed by atoms with E-state index in [1.165, 1.54) is 18.3 Å². The summed E-state index contributed by atoms with van der Waals surface area (Å²) in [6.07, 6.45) is 1.74. The van der Waals surface area contributed by atoms with Crippen LogP contribution in [-0.2, 0) is 4.84 Å². The highest BCUT2D eigenvalue weighted by atomic mass is 19.1. The van der Waals surface area contributed by atoms with Gasteiger partial charge in [0.05, 0.1) is 5.71 Å². The highest BCUT2D eigenvalue weighted by Crippen LogP contribution is 2.30. The Morgan fingerprint density at radius 2 is 2.25 bits per heavy atom. The highest BCUT2D eigenvalue weighted by Gasteiger charge is 2.22. The van der Waals surface area contributed by atoms with E-state index in [1.54, 1.807) is 12.1 Å². The van der Waals surface area contributed by atoms with Crippen molar-refractivity contribution in [2.45, 2.75) is 12.5 Å². The van der Waals surface area contributed by atoms with E-state index in [1.807, 2.05) is 0 Å². The molecule has 0 fully saturated rings. The number of ether oxygens (including phenoxy) is 1. The predicted octanol–water partition coefficient (Wildman–Crippen LogP) is 2.32. The Labute approximate surface area is 137 Å². The Kier molecular flexibility index (Phi) is 4.63. The molecule has 0 aliphatic carbocycles. The molecule has 2 aromatic rings. The van der Waals surface area contributed by atoms with Gasteiger partial charge in [0.25, 0.3) is 5.82 Å². The summed E-state index contributed by atoms with van der Waals surface area (Å²) in [4.78, 5) is 16.4. The summed E-state index contributed by atoms with van der Waals surface area (Å²) < 4.78 is 18.8. The highest BCUT2D eigenvalue weighted by molar-refractivity contribution is 5.87. The fourth-order valence-corrected chi connectivity index (χ4v) is 2.22. The first kappa shape index (κ1) is 15.8. The van der Waals surface area contributed by atoms with Gasteiger partial charge in [-0.1, -0.05) is 11.7 Å². The second-order valence-electron chi connectivity index (χ2n) is 5.10. The molecule has 3 heterocycles. The predicted molar refractivity (Wildman–Crippen MR) is 85.2 cm³/mol. The van der Waals surface area contributed by atoms with E-state index >= 15 is 0 Å². The molecule has 2 aromatic heterocycles. The Morgan fingerprint density at radius 1 is 1.38 bits per heavy atom. The Balaban J connectivity index is 1.80. The zero-order valence-corrected chi connectivity index (χ0v) is 12.6. The first-order valence-corrected chi connectivity index (χ1v) is 7.24. The van der Waals surface area contributed by atoms with Crippen LogP contribution in [0, 0.1) is 12.5 Å². The van der Waals surface area contributed by atoms with Crippen LogP contribution < -0.4 is 10.5 Å². The molecule has 0 saturated heterocycles. The minimum Gasteiger partial charge on any atom is -0.485 e. The summed E-state index contributed by atoms with van der Waals surface area (Å²) in [5.74, 6) is 0.0847. The van der Waals surface area contributed by atoms with Crippen LogP contribution >= 0.6 is 0 Å². The van der Waals surface area contributed by atoms with Gasteiger partial charge in [-0.15, -0.1) is 4.98 Å². The summed E-state index contributed by atoms with van der Waals surface area (Å²) >= 11 is 0. The number of hydrogen-bond donors (Lipinski definition) is 1. The van der Waals surface area contributed by atoms with Gasteiger partial charge in [-0.3, -0.25) is 0 Å². The summed E-state index contributed by atoms with van der Waals surface area (Å²) in [5.41, 5.74) is 7.29. The largest absolute Gasteiger partial charge is 0.485 e. The van der Waals surface area contributed by atoms with Crippen molar-refractivity contribution in [3.63, 3.8) is 0 Å². The van der Waals surface area contributed by atoms with Gasteiger partial charge in [0.15, 0.2) is 11.9 Å². The number of nitrogens with zero attached hydrogens (tertiary/aromatic N) is 4. The van der Waals surface area contributed by atoms with Crippen LogP contribution in [0.15, 0.2) is 35.6 Å². The van der Waals surface area contributed by atoms with E-state index in [4.69, 9.17) is 21.9 Å². The average molecular weight is 327 g/mol. The van der Waals surface area contributed by atoms with E-state index in [2.05, 4.69) is 20.0 Å². The molecule has 24 heavy (non-hydrogen) atoms. The summed E-state index contributed by atoms with van der Waals surface area (Å²) in [5, 5.41) is 3.87. The quantitative estimate of drug-likeness (QED) is 0.672. The minimum atomic E-state index is -0.589. The van der Waals surface area contributed by atoms with E-state index < -0.39 is 5.95 Å². The average Bonchev–Trinajstić information content (AvgIpc) is 3.08. The topological polar surface area (TPSA) is 87.0 Å². The minimum absolute atomic E-state index is 0.215. The van der Waals surface area contributed by atoms with Crippen LogP contribution in [0.4, 0.5) is 10.2 Å². The number of rotatable bonds is 5. The van der Waals surface area contributed by atoms with Gasteiger partial charge in [0.2, 0.25) is 11.6 Å². The summed E-state index contributed by atoms with van der Waals surface area (Å²) in [7, 11) is 0. The second-order valence-corrected chi connectivity index (χ2v) is 5.10. The molecule has 1 atom stereocenters. The number of hydrogen-bond acceptors (Lipinski definition) is 6. The monoisotopic (exact) mass is 327 g/mol. The van der Waals surface area contributed by atoms with E-state index in [0.717, 1.165) is 5.71 Å². The number of aromatic nitrogens is 2. The molecule has 8 heteroatoms. The Hall–Kier alpha value is -3.05. The van der Waals surface area contributed by atoms with Crippen molar-refractivity contribution >= 4 is 11.5 Å². The lowest BCUT2D eigenvalue weighted by molar-refractivity contribution is 0.0472. The van der Waals surface area contributed by atoms with E-state index in [0.29, 0.717) is 30.0 Å². The van der Waals surface area contributed by atoms with Crippen LogP contribution in [0.25, 0.3) is 16.1 Å². The van der Waals surface area contributed by atoms with Gasteiger partial charge in [0.1, 0.15) is 6.61 Å². The third kappa shape index (κ3) is 3.47. The molecule has 0 spiro atoms. The smallest absolute Gasteiger partial charge is 0.270 e. The van der Waals surface area contributed by atoms with Gasteiger partial charge in [-0.2, -0.15) is 4.39 Å². The fourth-order valence-electron chi connectivity index (χ4n) is 2.22. The van der Waals surface area contributed by atoms with Crippen molar-refractivity contribution in [2.75, 3.05) is 13.2 Å². The number of pyridine rings is 2. The normalized spacial score (nSPS) is 16.2. The zero-order valence-electron chi connectivity index (χ0n) is 12.6. The molecule has 1 unspecified atom stereocenters. The molecule has 2 N–H and O–H groups in total. The van der Waals surface area contributed by atoms with Gasteiger partial charge in [-0.25, -0.2) is 4.98 Å². The lowest BCUT2D eigenvalue weighted by atomic mass is 10.1. The molecule has 1 aliphatic heterocycles. The van der Waals surface area contributed by atoms with Gasteiger partial charge in [-0.05, 0) is 24.3 Å². The van der Waals surface area contributed by atoms with Crippen molar-refractivity contribution < 1.29 is 14.0 Å². The third-order valence-corrected chi connectivity index (χ3v) is 3.41. The molecule has 3 rings (SSSR count). The third-order valence-electron chi connectivity index (χ3n) is 3.41. The molecule has 122 valence electrons. The van der Waals surface area contributed by atoms with Crippen LogP contribution in [0.1, 0.15) is 6.42 Å². The molecule has 7 nitrogen and oxygen atoms in total. The lowest BCUT2D eigenvalue weighted by Crippen LogP contribution is -2.20. The standard InChI is InChI=1S/C16H14FN5O2/c1-19-15-5-3-13(23-9-12-6-11(7-18)22-24-12)16(21-15)10-2-4-14(17)20-8-10/h2-5,8,12H,6-7,9,18H2. The zero-order chi connectivity index (χ0) is 16.9. The number of halogens is 1. The van der Waals surface area contributed by atoms with Crippen LogP contribution in [0.5, 0.6) is 5.75 Å². The molecule has 0 bridgehead atoms. The molecule has 0 aromatic carbocycles. The van der Waals surface area contributed by atoms with Crippen LogP contribution in [0.3, 0.4) is 0 Å². The van der Waals surface area contributed by atoms with Crippen LogP contribution in [0.2, 0.25) is 0 Å². The number of oxime groups is 1. The Morgan fingerprint density at radius 3 is 2.92 bits per heavy atom. The number of nitrogens with two attached hydrogens (primary N) is 1. The first-order valence-electron chi connectivity index (χ1n) is 7.24. The van der Waals surface area contributed by atoms with Gasteiger partial charge in [0, 0.05) is 24.7 Å². The maximum atomic E-state index is 13.0. The Bertz CT molecular complexity index is 801. The van der Waals surface area contributed by atoms with Crippen molar-refractivity contribution in [2.24, 2.45) is 10.9 Å². The van der Waals surface area contributed by atoms with Gasteiger partial charge < -0.3 is 20.2 Å². The molecule has 1 aliphatic rings. The van der Waals surface area contributed by atoms with Crippen molar-refractivity contribution in [3.8, 4) is 17.0 Å². The molecular weight excluding hydrogens is 313 g/mol. The van der Waals surface area contributed by atoms with Gasteiger partial charge >= 0.3 is 0 Å². The lowest BCUT2D eigenvalue weighted by Gasteiger charge is -2.12. The maximum Gasteiger partial charge on any atom is 0.270 e. The van der Waals surface area contributed by atoms with E-state index in [9.17, 15) is 4.39 Å². The summed E-state index contributed by atoms with van der Waals surface area (Å²) in [6, 6.07) is 5.97. The molecular formula is C16H14FN5O2. The maximum absolute atomic E-state index is 13.0. The van der Waals surface area contributed by atoms with Crippen molar-refractivity contribution in [1.82, 2.24) is 9.97 Å². The van der Waals surface area contributed by atoms with Crippen molar-refractivity contribution in [1.29, 1.82) is 0 Å². The first-order chi connectivity index (χ1) is 11.7. The molecule has 0 saturated carbocycles. The summed E-state index contributed by atoms with van der Waals surface area (Å²) in [6.45, 7) is 7.70. The fraction of sp³-hybridized carbons (Fsp3) is 0.250.